The molecule has 0 atom stereocenters. The molecule has 1 fully saturated rings. The van der Waals surface area contributed by atoms with E-state index in [-0.39, 0.29) is 11.4 Å². The SMILES string of the molecule is Cc1cc(C(=O)NC2(CN)CCCC2)ccc1Br. The molecule has 1 saturated carbocycles. The summed E-state index contributed by atoms with van der Waals surface area (Å²) in [4.78, 5) is 12.2. The van der Waals surface area contributed by atoms with Gasteiger partial charge in [0.25, 0.3) is 5.91 Å². The van der Waals surface area contributed by atoms with E-state index in [1.54, 1.807) is 0 Å². The third-order valence-corrected chi connectivity index (χ3v) is 4.64. The number of hydrogen-bond acceptors (Lipinski definition) is 2. The smallest absolute Gasteiger partial charge is 0.251 e. The number of rotatable bonds is 3. The van der Waals surface area contributed by atoms with Gasteiger partial charge in [0.1, 0.15) is 0 Å². The zero-order valence-corrected chi connectivity index (χ0v) is 12.2. The molecule has 3 N–H and O–H groups in total. The summed E-state index contributed by atoms with van der Waals surface area (Å²) in [5.41, 5.74) is 7.41. The van der Waals surface area contributed by atoms with Gasteiger partial charge >= 0.3 is 0 Å². The van der Waals surface area contributed by atoms with Gasteiger partial charge in [0, 0.05) is 16.6 Å². The van der Waals surface area contributed by atoms with Gasteiger partial charge in [0.05, 0.1) is 5.54 Å². The van der Waals surface area contributed by atoms with Crippen molar-refractivity contribution < 1.29 is 4.79 Å². The van der Waals surface area contributed by atoms with Crippen LogP contribution in [-0.2, 0) is 0 Å². The predicted octanol–water partition coefficient (Wildman–Crippen LogP) is 2.76. The highest BCUT2D eigenvalue weighted by Gasteiger charge is 2.34. The van der Waals surface area contributed by atoms with Crippen LogP contribution in [0.5, 0.6) is 0 Å². The Morgan fingerprint density at radius 1 is 1.44 bits per heavy atom. The lowest BCUT2D eigenvalue weighted by Crippen LogP contribution is -2.51. The first kappa shape index (κ1) is 13.6. The third-order valence-electron chi connectivity index (χ3n) is 3.75. The Labute approximate surface area is 116 Å². The molecule has 1 aliphatic rings. The van der Waals surface area contributed by atoms with E-state index in [0.717, 1.165) is 35.7 Å². The Morgan fingerprint density at radius 3 is 2.67 bits per heavy atom. The van der Waals surface area contributed by atoms with Gasteiger partial charge in [-0.15, -0.1) is 0 Å². The summed E-state index contributed by atoms with van der Waals surface area (Å²) in [7, 11) is 0. The second-order valence-corrected chi connectivity index (χ2v) is 5.96. The van der Waals surface area contributed by atoms with E-state index >= 15 is 0 Å². The molecule has 1 aromatic carbocycles. The minimum Gasteiger partial charge on any atom is -0.345 e. The maximum absolute atomic E-state index is 12.2. The largest absolute Gasteiger partial charge is 0.345 e. The van der Waals surface area contributed by atoms with Crippen LogP contribution >= 0.6 is 15.9 Å². The minimum absolute atomic E-state index is 0.0158. The summed E-state index contributed by atoms with van der Waals surface area (Å²) in [6.07, 6.45) is 4.28. The molecular formula is C14H19BrN2O. The molecular weight excluding hydrogens is 292 g/mol. The van der Waals surface area contributed by atoms with Crippen LogP contribution < -0.4 is 11.1 Å². The van der Waals surface area contributed by atoms with Crippen LogP contribution in [0.3, 0.4) is 0 Å². The fourth-order valence-corrected chi connectivity index (χ4v) is 2.78. The minimum atomic E-state index is -0.182. The van der Waals surface area contributed by atoms with Crippen molar-refractivity contribution in [1.82, 2.24) is 5.32 Å². The van der Waals surface area contributed by atoms with Gasteiger partial charge in [-0.1, -0.05) is 28.8 Å². The fourth-order valence-electron chi connectivity index (χ4n) is 2.53. The van der Waals surface area contributed by atoms with Gasteiger partial charge in [-0.3, -0.25) is 4.79 Å². The maximum atomic E-state index is 12.2. The predicted molar refractivity (Wildman–Crippen MR) is 76.6 cm³/mol. The van der Waals surface area contributed by atoms with Crippen LogP contribution in [0.1, 0.15) is 41.6 Å². The lowest BCUT2D eigenvalue weighted by atomic mass is 9.97. The van der Waals surface area contributed by atoms with Crippen molar-refractivity contribution in [2.75, 3.05) is 6.54 Å². The number of halogens is 1. The Hall–Kier alpha value is -0.870. The van der Waals surface area contributed by atoms with Crippen molar-refractivity contribution in [3.8, 4) is 0 Å². The van der Waals surface area contributed by atoms with E-state index in [9.17, 15) is 4.79 Å². The second kappa shape index (κ2) is 5.41. The van der Waals surface area contributed by atoms with E-state index in [0.29, 0.717) is 12.1 Å². The number of carbonyl (C=O) groups is 1. The molecule has 0 unspecified atom stereocenters. The number of nitrogens with two attached hydrogens (primary N) is 1. The molecule has 1 amide bonds. The van der Waals surface area contributed by atoms with Crippen LogP contribution in [0.2, 0.25) is 0 Å². The van der Waals surface area contributed by atoms with Crippen LogP contribution in [-0.4, -0.2) is 18.0 Å². The summed E-state index contributed by atoms with van der Waals surface area (Å²) in [6.45, 7) is 2.50. The molecule has 0 aromatic heterocycles. The molecule has 4 heteroatoms. The van der Waals surface area contributed by atoms with Gasteiger partial charge < -0.3 is 11.1 Å². The van der Waals surface area contributed by atoms with Gasteiger partial charge in [-0.2, -0.15) is 0 Å². The lowest BCUT2D eigenvalue weighted by Gasteiger charge is -2.28. The highest BCUT2D eigenvalue weighted by atomic mass is 79.9. The molecule has 3 nitrogen and oxygen atoms in total. The topological polar surface area (TPSA) is 55.1 Å². The summed E-state index contributed by atoms with van der Waals surface area (Å²) in [5, 5.41) is 3.13. The first-order valence-corrected chi connectivity index (χ1v) is 7.14. The Bertz CT molecular complexity index is 453. The van der Waals surface area contributed by atoms with Gasteiger partial charge in [0.2, 0.25) is 0 Å². The number of nitrogens with one attached hydrogen (secondary N) is 1. The first-order chi connectivity index (χ1) is 8.56. The maximum Gasteiger partial charge on any atom is 0.251 e. The molecule has 2 rings (SSSR count). The summed E-state index contributed by atoms with van der Waals surface area (Å²) >= 11 is 3.44. The molecule has 0 heterocycles. The van der Waals surface area contributed by atoms with Crippen molar-refractivity contribution in [3.63, 3.8) is 0 Å². The van der Waals surface area contributed by atoms with E-state index in [1.165, 1.54) is 0 Å². The fraction of sp³-hybridized carbons (Fsp3) is 0.500. The zero-order valence-electron chi connectivity index (χ0n) is 10.6. The Morgan fingerprint density at radius 2 is 2.11 bits per heavy atom. The van der Waals surface area contributed by atoms with E-state index in [2.05, 4.69) is 21.2 Å². The summed E-state index contributed by atoms with van der Waals surface area (Å²) in [5.74, 6) is -0.0158. The van der Waals surface area contributed by atoms with Gasteiger partial charge in [-0.05, 0) is 43.5 Å². The van der Waals surface area contributed by atoms with Crippen LogP contribution in [0.4, 0.5) is 0 Å². The van der Waals surface area contributed by atoms with Crippen molar-refractivity contribution in [1.29, 1.82) is 0 Å². The lowest BCUT2D eigenvalue weighted by molar-refractivity contribution is 0.0903. The quantitative estimate of drug-likeness (QED) is 0.902. The molecule has 0 saturated heterocycles. The monoisotopic (exact) mass is 310 g/mol. The molecule has 0 spiro atoms. The average Bonchev–Trinajstić information content (AvgIpc) is 2.82. The zero-order chi connectivity index (χ0) is 13.2. The second-order valence-electron chi connectivity index (χ2n) is 5.11. The molecule has 0 aliphatic heterocycles. The van der Waals surface area contributed by atoms with Crippen LogP contribution in [0.25, 0.3) is 0 Å². The number of hydrogen-bond donors (Lipinski definition) is 2. The molecule has 98 valence electrons. The van der Waals surface area contributed by atoms with Crippen LogP contribution in [0, 0.1) is 6.92 Å². The van der Waals surface area contributed by atoms with E-state index < -0.39 is 0 Å². The van der Waals surface area contributed by atoms with Gasteiger partial charge in [-0.25, -0.2) is 0 Å². The molecule has 0 bridgehead atoms. The van der Waals surface area contributed by atoms with Crippen molar-refractivity contribution in [2.45, 2.75) is 38.1 Å². The number of benzene rings is 1. The first-order valence-electron chi connectivity index (χ1n) is 6.35. The van der Waals surface area contributed by atoms with Crippen molar-refractivity contribution >= 4 is 21.8 Å². The average molecular weight is 311 g/mol. The Kier molecular flexibility index (Phi) is 4.07. The summed E-state index contributed by atoms with van der Waals surface area (Å²) in [6, 6.07) is 5.65. The normalized spacial score (nSPS) is 17.7. The number of amides is 1. The highest BCUT2D eigenvalue weighted by Crippen LogP contribution is 2.29. The molecule has 18 heavy (non-hydrogen) atoms. The molecule has 1 aromatic rings. The molecule has 1 aliphatic carbocycles. The summed E-state index contributed by atoms with van der Waals surface area (Å²) < 4.78 is 1.02. The third kappa shape index (κ3) is 2.75. The van der Waals surface area contributed by atoms with E-state index in [1.807, 2.05) is 25.1 Å². The Balaban J connectivity index is 2.13. The number of carbonyl (C=O) groups excluding carboxylic acids is 1. The molecule has 0 radical (unpaired) electrons. The van der Waals surface area contributed by atoms with E-state index in [4.69, 9.17) is 5.73 Å². The van der Waals surface area contributed by atoms with Crippen molar-refractivity contribution in [2.24, 2.45) is 5.73 Å². The highest BCUT2D eigenvalue weighted by molar-refractivity contribution is 9.10. The van der Waals surface area contributed by atoms with Crippen LogP contribution in [0.15, 0.2) is 22.7 Å². The number of aryl methyl sites for hydroxylation is 1. The van der Waals surface area contributed by atoms with Gasteiger partial charge in [0.15, 0.2) is 0 Å². The standard InChI is InChI=1S/C14H19BrN2O/c1-10-8-11(4-5-12(10)15)13(18)17-14(9-16)6-2-3-7-14/h4-5,8H,2-3,6-7,9,16H2,1H3,(H,17,18). The van der Waals surface area contributed by atoms with Crippen molar-refractivity contribution in [3.05, 3.63) is 33.8 Å².